The minimum absolute atomic E-state index is 0.184. The Bertz CT molecular complexity index is 424. The highest BCUT2D eigenvalue weighted by Gasteiger charge is 2.04. The van der Waals surface area contributed by atoms with E-state index in [9.17, 15) is 9.59 Å². The quantitative estimate of drug-likeness (QED) is 0.620. The van der Waals surface area contributed by atoms with Crippen LogP contribution in [0.15, 0.2) is 24.3 Å². The van der Waals surface area contributed by atoms with Crippen LogP contribution in [-0.2, 0) is 16.0 Å². The van der Waals surface area contributed by atoms with Crippen LogP contribution in [0.5, 0.6) is 5.75 Å². The molecular formula is C12H15ClN2O3. The summed E-state index contributed by atoms with van der Waals surface area (Å²) >= 11 is 5.26. The summed E-state index contributed by atoms with van der Waals surface area (Å²) in [5.41, 5.74) is 5.47. The molecule has 0 bridgehead atoms. The minimum Gasteiger partial charge on any atom is -0.497 e. The highest BCUT2D eigenvalue weighted by Crippen LogP contribution is 2.13. The average molecular weight is 271 g/mol. The number of carbonyl (C=O) groups excluding carboxylic acids is 2. The Labute approximate surface area is 110 Å². The maximum atomic E-state index is 11.4. The molecule has 0 aliphatic rings. The van der Waals surface area contributed by atoms with Gasteiger partial charge in [0.1, 0.15) is 11.6 Å². The van der Waals surface area contributed by atoms with E-state index >= 15 is 0 Å². The number of alkyl halides is 1. The monoisotopic (exact) mass is 270 g/mol. The highest BCUT2D eigenvalue weighted by molar-refractivity contribution is 6.27. The summed E-state index contributed by atoms with van der Waals surface area (Å²) < 4.78 is 5.08. The van der Waals surface area contributed by atoms with Gasteiger partial charge in [-0.2, -0.15) is 0 Å². The van der Waals surface area contributed by atoms with Crippen molar-refractivity contribution in [3.63, 3.8) is 0 Å². The summed E-state index contributed by atoms with van der Waals surface area (Å²) in [6, 6.07) is 7.48. The fourth-order valence-corrected chi connectivity index (χ4v) is 1.39. The SMILES string of the molecule is COc1cccc(CCC(=O)NNC(=O)CCl)c1. The Morgan fingerprint density at radius 3 is 2.67 bits per heavy atom. The number of benzene rings is 1. The van der Waals surface area contributed by atoms with Crippen LogP contribution in [0.25, 0.3) is 0 Å². The largest absolute Gasteiger partial charge is 0.497 e. The third-order valence-electron chi connectivity index (χ3n) is 2.24. The van der Waals surface area contributed by atoms with Crippen LogP contribution in [-0.4, -0.2) is 24.8 Å². The molecule has 0 spiro atoms. The molecule has 2 amide bonds. The number of aryl methyl sites for hydroxylation is 1. The van der Waals surface area contributed by atoms with E-state index in [4.69, 9.17) is 16.3 Å². The lowest BCUT2D eigenvalue weighted by atomic mass is 10.1. The summed E-state index contributed by atoms with van der Waals surface area (Å²) in [6.07, 6.45) is 0.843. The highest BCUT2D eigenvalue weighted by atomic mass is 35.5. The fourth-order valence-electron chi connectivity index (χ4n) is 1.32. The van der Waals surface area contributed by atoms with Gasteiger partial charge in [0.25, 0.3) is 5.91 Å². The van der Waals surface area contributed by atoms with Crippen molar-refractivity contribution < 1.29 is 14.3 Å². The molecule has 2 N–H and O–H groups in total. The standard InChI is InChI=1S/C12H15ClN2O3/c1-18-10-4-2-3-9(7-10)5-6-11(16)14-15-12(17)8-13/h2-4,7H,5-6,8H2,1H3,(H,14,16)(H,15,17). The molecule has 0 saturated heterocycles. The Morgan fingerprint density at radius 2 is 2.00 bits per heavy atom. The molecule has 6 heteroatoms. The smallest absolute Gasteiger partial charge is 0.253 e. The van der Waals surface area contributed by atoms with Crippen LogP contribution < -0.4 is 15.6 Å². The number of methoxy groups -OCH3 is 1. The summed E-state index contributed by atoms with van der Waals surface area (Å²) in [5.74, 6) is -0.137. The number of halogens is 1. The van der Waals surface area contributed by atoms with Gasteiger partial charge >= 0.3 is 0 Å². The first kappa shape index (κ1) is 14.3. The summed E-state index contributed by atoms with van der Waals surface area (Å²) in [4.78, 5) is 22.2. The van der Waals surface area contributed by atoms with E-state index in [-0.39, 0.29) is 18.2 Å². The Balaban J connectivity index is 2.35. The number of carbonyl (C=O) groups is 2. The van der Waals surface area contributed by atoms with Crippen molar-refractivity contribution >= 4 is 23.4 Å². The van der Waals surface area contributed by atoms with E-state index in [0.29, 0.717) is 6.42 Å². The van der Waals surface area contributed by atoms with E-state index in [1.54, 1.807) is 7.11 Å². The Kier molecular flexibility index (Phi) is 6.00. The van der Waals surface area contributed by atoms with Crippen molar-refractivity contribution in [1.29, 1.82) is 0 Å². The van der Waals surface area contributed by atoms with Crippen LogP contribution in [0.4, 0.5) is 0 Å². The van der Waals surface area contributed by atoms with E-state index in [1.807, 2.05) is 24.3 Å². The number of hydrogen-bond donors (Lipinski definition) is 2. The zero-order valence-corrected chi connectivity index (χ0v) is 10.8. The summed E-state index contributed by atoms with van der Waals surface area (Å²) in [6.45, 7) is 0. The zero-order valence-electron chi connectivity index (χ0n) is 10.0. The number of hydrogen-bond acceptors (Lipinski definition) is 3. The third kappa shape index (κ3) is 5.05. The lowest BCUT2D eigenvalue weighted by molar-refractivity contribution is -0.127. The van der Waals surface area contributed by atoms with Gasteiger partial charge in [-0.1, -0.05) is 12.1 Å². The van der Waals surface area contributed by atoms with Gasteiger partial charge in [-0.3, -0.25) is 20.4 Å². The predicted molar refractivity (Wildman–Crippen MR) is 68.3 cm³/mol. The van der Waals surface area contributed by atoms with Gasteiger partial charge in [-0.05, 0) is 24.1 Å². The topological polar surface area (TPSA) is 67.4 Å². The second-order valence-electron chi connectivity index (χ2n) is 3.58. The first-order valence-electron chi connectivity index (χ1n) is 5.42. The van der Waals surface area contributed by atoms with Crippen LogP contribution in [0, 0.1) is 0 Å². The number of ether oxygens (including phenoxy) is 1. The van der Waals surface area contributed by atoms with Gasteiger partial charge in [0, 0.05) is 6.42 Å². The van der Waals surface area contributed by atoms with Crippen LogP contribution in [0.3, 0.4) is 0 Å². The molecule has 0 atom stereocenters. The molecule has 18 heavy (non-hydrogen) atoms. The fraction of sp³-hybridized carbons (Fsp3) is 0.333. The van der Waals surface area contributed by atoms with Crippen molar-refractivity contribution in [2.75, 3.05) is 13.0 Å². The number of nitrogens with one attached hydrogen (secondary N) is 2. The molecule has 1 aromatic rings. The van der Waals surface area contributed by atoms with Crippen molar-refractivity contribution in [2.24, 2.45) is 0 Å². The molecule has 5 nitrogen and oxygen atoms in total. The summed E-state index contributed by atoms with van der Waals surface area (Å²) in [5, 5.41) is 0. The lowest BCUT2D eigenvalue weighted by Crippen LogP contribution is -2.42. The average Bonchev–Trinajstić information content (AvgIpc) is 2.42. The van der Waals surface area contributed by atoms with Crippen molar-refractivity contribution in [2.45, 2.75) is 12.8 Å². The van der Waals surface area contributed by atoms with Gasteiger partial charge in [0.15, 0.2) is 0 Å². The van der Waals surface area contributed by atoms with Gasteiger partial charge in [-0.15, -0.1) is 11.6 Å². The van der Waals surface area contributed by atoms with Gasteiger partial charge in [0.2, 0.25) is 5.91 Å². The van der Waals surface area contributed by atoms with Gasteiger partial charge < -0.3 is 4.74 Å². The van der Waals surface area contributed by atoms with Crippen LogP contribution in [0.2, 0.25) is 0 Å². The molecule has 98 valence electrons. The molecule has 0 heterocycles. The molecule has 1 aromatic carbocycles. The maximum absolute atomic E-state index is 11.4. The Morgan fingerprint density at radius 1 is 1.28 bits per heavy atom. The molecule has 0 unspecified atom stereocenters. The van der Waals surface area contributed by atoms with Crippen LogP contribution in [0.1, 0.15) is 12.0 Å². The number of rotatable bonds is 5. The molecule has 0 aliphatic carbocycles. The third-order valence-corrected chi connectivity index (χ3v) is 2.48. The van der Waals surface area contributed by atoms with Crippen molar-refractivity contribution in [1.82, 2.24) is 10.9 Å². The van der Waals surface area contributed by atoms with E-state index in [1.165, 1.54) is 0 Å². The van der Waals surface area contributed by atoms with Crippen molar-refractivity contribution in [3.8, 4) is 5.75 Å². The van der Waals surface area contributed by atoms with E-state index in [0.717, 1.165) is 11.3 Å². The molecule has 0 saturated carbocycles. The second kappa shape index (κ2) is 7.55. The molecule has 0 aromatic heterocycles. The van der Waals surface area contributed by atoms with Crippen molar-refractivity contribution in [3.05, 3.63) is 29.8 Å². The maximum Gasteiger partial charge on any atom is 0.253 e. The van der Waals surface area contributed by atoms with Gasteiger partial charge in [-0.25, -0.2) is 0 Å². The molecule has 1 rings (SSSR count). The first-order valence-corrected chi connectivity index (χ1v) is 5.95. The first-order chi connectivity index (χ1) is 8.65. The molecule has 0 fully saturated rings. The van der Waals surface area contributed by atoms with E-state index in [2.05, 4.69) is 10.9 Å². The molecule has 0 aliphatic heterocycles. The zero-order chi connectivity index (χ0) is 13.4. The van der Waals surface area contributed by atoms with Crippen LogP contribution >= 0.6 is 11.6 Å². The second-order valence-corrected chi connectivity index (χ2v) is 3.85. The van der Waals surface area contributed by atoms with E-state index < -0.39 is 5.91 Å². The molecular weight excluding hydrogens is 256 g/mol. The Hall–Kier alpha value is -1.75. The van der Waals surface area contributed by atoms with Gasteiger partial charge in [0.05, 0.1) is 7.11 Å². The molecule has 0 radical (unpaired) electrons. The summed E-state index contributed by atoms with van der Waals surface area (Å²) in [7, 11) is 1.59. The predicted octanol–water partition coefficient (Wildman–Crippen LogP) is 1.01. The number of hydrazine groups is 1. The lowest BCUT2D eigenvalue weighted by Gasteiger charge is -2.06. The number of amides is 2. The normalized spacial score (nSPS) is 9.67. The minimum atomic E-state index is -0.439.